The van der Waals surface area contributed by atoms with Gasteiger partial charge in [-0.2, -0.15) is 0 Å². The maximum Gasteiger partial charge on any atom is 0.261 e. The number of aryl methyl sites for hydroxylation is 1. The zero-order valence-corrected chi connectivity index (χ0v) is 19.2. The number of hydrogen-bond donors (Lipinski definition) is 2. The lowest BCUT2D eigenvalue weighted by Gasteiger charge is -2.10. The molecule has 0 bridgehead atoms. The predicted molar refractivity (Wildman–Crippen MR) is 126 cm³/mol. The SMILES string of the molecule is Cc1ccc(S(=O)(=O)Nc2cccc(C(=O)Nc3nc4c(Cl)c(Cl)ccc4s3)c2)cc1. The highest BCUT2D eigenvalue weighted by molar-refractivity contribution is 7.92. The number of halogens is 2. The second-order valence-electron chi connectivity index (χ2n) is 6.68. The van der Waals surface area contributed by atoms with Gasteiger partial charge in [-0.05, 0) is 49.4 Å². The van der Waals surface area contributed by atoms with Crippen LogP contribution in [0.5, 0.6) is 0 Å². The molecule has 158 valence electrons. The van der Waals surface area contributed by atoms with Gasteiger partial charge in [-0.25, -0.2) is 13.4 Å². The van der Waals surface area contributed by atoms with Crippen LogP contribution in [0.4, 0.5) is 10.8 Å². The smallest absolute Gasteiger partial charge is 0.261 e. The molecule has 3 aromatic carbocycles. The van der Waals surface area contributed by atoms with Crippen LogP contribution in [-0.2, 0) is 10.0 Å². The van der Waals surface area contributed by atoms with Gasteiger partial charge in [-0.15, -0.1) is 0 Å². The van der Waals surface area contributed by atoms with Crippen LogP contribution in [0.3, 0.4) is 0 Å². The number of carbonyl (C=O) groups excluding carboxylic acids is 1. The average Bonchev–Trinajstić information content (AvgIpc) is 3.14. The number of benzene rings is 3. The summed E-state index contributed by atoms with van der Waals surface area (Å²) in [5.41, 5.74) is 2.00. The number of amides is 1. The highest BCUT2D eigenvalue weighted by atomic mass is 35.5. The van der Waals surface area contributed by atoms with Crippen LogP contribution in [0.2, 0.25) is 10.0 Å². The molecule has 10 heteroatoms. The third kappa shape index (κ3) is 4.67. The number of nitrogens with zero attached hydrogens (tertiary/aromatic N) is 1. The van der Waals surface area contributed by atoms with E-state index in [4.69, 9.17) is 23.2 Å². The van der Waals surface area contributed by atoms with E-state index < -0.39 is 15.9 Å². The Morgan fingerprint density at radius 2 is 1.77 bits per heavy atom. The molecular weight excluding hydrogens is 477 g/mol. The number of thiazole rings is 1. The van der Waals surface area contributed by atoms with Gasteiger partial charge in [0, 0.05) is 11.3 Å². The number of aromatic nitrogens is 1. The number of fused-ring (bicyclic) bond motifs is 1. The van der Waals surface area contributed by atoms with E-state index in [1.807, 2.05) is 6.92 Å². The van der Waals surface area contributed by atoms with Crippen molar-refractivity contribution < 1.29 is 13.2 Å². The lowest BCUT2D eigenvalue weighted by molar-refractivity contribution is 0.102. The minimum absolute atomic E-state index is 0.137. The zero-order valence-electron chi connectivity index (χ0n) is 16.0. The van der Waals surface area contributed by atoms with Crippen LogP contribution >= 0.6 is 34.5 Å². The van der Waals surface area contributed by atoms with Gasteiger partial charge in [0.05, 0.1) is 19.6 Å². The third-order valence-corrected chi connectivity index (χ3v) is 7.51. The fourth-order valence-corrected chi connectivity index (χ4v) is 5.15. The average molecular weight is 492 g/mol. The first-order valence-corrected chi connectivity index (χ1v) is 12.0. The molecule has 0 aliphatic carbocycles. The Balaban J connectivity index is 1.54. The van der Waals surface area contributed by atoms with E-state index in [-0.39, 0.29) is 16.1 Å². The van der Waals surface area contributed by atoms with Crippen molar-refractivity contribution >= 4 is 71.5 Å². The van der Waals surface area contributed by atoms with Gasteiger partial charge in [0.25, 0.3) is 15.9 Å². The Morgan fingerprint density at radius 3 is 2.52 bits per heavy atom. The van der Waals surface area contributed by atoms with Crippen LogP contribution in [0.1, 0.15) is 15.9 Å². The molecule has 31 heavy (non-hydrogen) atoms. The summed E-state index contributed by atoms with van der Waals surface area (Å²) in [4.78, 5) is 17.2. The lowest BCUT2D eigenvalue weighted by Crippen LogP contribution is -2.15. The zero-order chi connectivity index (χ0) is 22.2. The number of anilines is 2. The van der Waals surface area contributed by atoms with Gasteiger partial charge in [0.15, 0.2) is 5.13 Å². The van der Waals surface area contributed by atoms with Crippen molar-refractivity contribution in [2.75, 3.05) is 10.0 Å². The monoisotopic (exact) mass is 491 g/mol. The molecule has 0 atom stereocenters. The molecule has 1 amide bonds. The lowest BCUT2D eigenvalue weighted by atomic mass is 10.2. The molecular formula is C21H15Cl2N3O3S2. The van der Waals surface area contributed by atoms with Crippen molar-refractivity contribution in [2.45, 2.75) is 11.8 Å². The molecule has 0 radical (unpaired) electrons. The van der Waals surface area contributed by atoms with Gasteiger partial charge >= 0.3 is 0 Å². The number of rotatable bonds is 5. The normalized spacial score (nSPS) is 11.5. The van der Waals surface area contributed by atoms with Gasteiger partial charge in [-0.1, -0.05) is 58.3 Å². The van der Waals surface area contributed by atoms with E-state index in [0.29, 0.717) is 20.7 Å². The van der Waals surface area contributed by atoms with Crippen molar-refractivity contribution in [1.82, 2.24) is 4.98 Å². The first-order valence-electron chi connectivity index (χ1n) is 8.98. The second-order valence-corrected chi connectivity index (χ2v) is 10.2. The fraction of sp³-hybridized carbons (Fsp3) is 0.0476. The van der Waals surface area contributed by atoms with Crippen molar-refractivity contribution in [3.63, 3.8) is 0 Å². The van der Waals surface area contributed by atoms with Gasteiger partial charge < -0.3 is 0 Å². The van der Waals surface area contributed by atoms with Crippen LogP contribution in [0, 0.1) is 6.92 Å². The van der Waals surface area contributed by atoms with Crippen LogP contribution in [0.25, 0.3) is 10.2 Å². The highest BCUT2D eigenvalue weighted by Gasteiger charge is 2.16. The summed E-state index contributed by atoms with van der Waals surface area (Å²) in [6.07, 6.45) is 0. The molecule has 0 fully saturated rings. The molecule has 0 spiro atoms. The van der Waals surface area contributed by atoms with Crippen molar-refractivity contribution in [2.24, 2.45) is 0 Å². The second kappa shape index (κ2) is 8.47. The van der Waals surface area contributed by atoms with Gasteiger partial charge in [0.1, 0.15) is 5.52 Å². The van der Waals surface area contributed by atoms with E-state index in [1.54, 1.807) is 42.5 Å². The van der Waals surface area contributed by atoms with E-state index in [0.717, 1.165) is 10.3 Å². The molecule has 4 rings (SSSR count). The maximum atomic E-state index is 12.7. The Hall–Kier alpha value is -2.65. The van der Waals surface area contributed by atoms with E-state index in [2.05, 4.69) is 15.0 Å². The molecule has 0 saturated carbocycles. The largest absolute Gasteiger partial charge is 0.298 e. The Kier molecular flexibility index (Phi) is 5.90. The molecule has 4 aromatic rings. The topological polar surface area (TPSA) is 88.2 Å². The molecule has 1 aromatic heterocycles. The molecule has 2 N–H and O–H groups in total. The molecule has 6 nitrogen and oxygen atoms in total. The van der Waals surface area contributed by atoms with E-state index >= 15 is 0 Å². The van der Waals surface area contributed by atoms with Crippen molar-refractivity contribution in [3.8, 4) is 0 Å². The van der Waals surface area contributed by atoms with Crippen LogP contribution in [0.15, 0.2) is 65.6 Å². The summed E-state index contributed by atoms with van der Waals surface area (Å²) in [7, 11) is -3.78. The van der Waals surface area contributed by atoms with Gasteiger partial charge in [0.2, 0.25) is 0 Å². The minimum Gasteiger partial charge on any atom is -0.298 e. The Morgan fingerprint density at radius 1 is 1.03 bits per heavy atom. The summed E-state index contributed by atoms with van der Waals surface area (Å²) in [5, 5.41) is 3.77. The number of hydrogen-bond acceptors (Lipinski definition) is 5. The first-order chi connectivity index (χ1) is 14.7. The summed E-state index contributed by atoms with van der Waals surface area (Å²) in [6.45, 7) is 1.87. The standard InChI is InChI=1S/C21H15Cl2N3O3S2/c1-12-5-7-15(8-6-12)31(28,29)26-14-4-2-3-13(11-14)20(27)25-21-24-19-17(30-21)10-9-16(22)18(19)23/h2-11,26H,1H3,(H,24,25,27). The molecule has 0 saturated heterocycles. The Bertz CT molecular complexity index is 1400. The van der Waals surface area contributed by atoms with E-state index in [1.165, 1.54) is 29.5 Å². The minimum atomic E-state index is -3.78. The number of sulfonamides is 1. The Labute approximate surface area is 192 Å². The quantitative estimate of drug-likeness (QED) is 0.360. The summed E-state index contributed by atoms with van der Waals surface area (Å²) < 4.78 is 28.5. The van der Waals surface area contributed by atoms with Crippen molar-refractivity contribution in [1.29, 1.82) is 0 Å². The van der Waals surface area contributed by atoms with Crippen LogP contribution < -0.4 is 10.0 Å². The highest BCUT2D eigenvalue weighted by Crippen LogP contribution is 2.35. The van der Waals surface area contributed by atoms with Crippen LogP contribution in [-0.4, -0.2) is 19.3 Å². The molecule has 1 heterocycles. The molecule has 0 unspecified atom stereocenters. The summed E-state index contributed by atoms with van der Waals surface area (Å²) >= 11 is 13.4. The number of carbonyl (C=O) groups is 1. The van der Waals surface area contributed by atoms with Gasteiger partial charge in [-0.3, -0.25) is 14.8 Å². The third-order valence-electron chi connectivity index (χ3n) is 4.38. The molecule has 0 aliphatic heterocycles. The summed E-state index contributed by atoms with van der Waals surface area (Å²) in [5.74, 6) is -0.433. The fourth-order valence-electron chi connectivity index (χ4n) is 2.82. The number of nitrogens with one attached hydrogen (secondary N) is 2. The first kappa shape index (κ1) is 21.6. The predicted octanol–water partition coefficient (Wildman–Crippen LogP) is 5.96. The van der Waals surface area contributed by atoms with E-state index in [9.17, 15) is 13.2 Å². The maximum absolute atomic E-state index is 12.7. The summed E-state index contributed by atoms with van der Waals surface area (Å²) in [6, 6.07) is 16.1. The van der Waals surface area contributed by atoms with Crippen molar-refractivity contribution in [3.05, 3.63) is 81.8 Å². The molecule has 0 aliphatic rings.